The Balaban J connectivity index is 4.07. The second-order valence-electron chi connectivity index (χ2n) is 3.61. The average Bonchev–Trinajstić information content (AvgIpc) is 2.00. The number of allylic oxidation sites excluding steroid dienone is 1. The molecule has 0 rings (SSSR count). The van der Waals surface area contributed by atoms with E-state index in [4.69, 9.17) is 0 Å². The third kappa shape index (κ3) is 4.55. The van der Waals surface area contributed by atoms with Crippen molar-refractivity contribution in [3.8, 4) is 0 Å². The molecule has 0 saturated carbocycles. The number of hydrogen-bond donors (Lipinski definition) is 1. The molecule has 1 nitrogen and oxygen atoms in total. The molecule has 0 heterocycles. The van der Waals surface area contributed by atoms with Crippen LogP contribution in [-0.2, 0) is 0 Å². The highest BCUT2D eigenvalue weighted by Gasteiger charge is 2.04. The summed E-state index contributed by atoms with van der Waals surface area (Å²) in [6.07, 6.45) is 4.78. The first kappa shape index (κ1) is 11.7. The van der Waals surface area contributed by atoms with Crippen molar-refractivity contribution in [1.82, 2.24) is 0 Å². The predicted octanol–water partition coefficient (Wildman–Crippen LogP) is 3.14. The first-order chi connectivity index (χ1) is 5.61. The zero-order valence-electron chi connectivity index (χ0n) is 8.80. The molecule has 0 amide bonds. The monoisotopic (exact) mass is 170 g/mol. The molecule has 1 N–H and O–H groups in total. The van der Waals surface area contributed by atoms with Gasteiger partial charge >= 0.3 is 0 Å². The van der Waals surface area contributed by atoms with Crippen LogP contribution in [0.5, 0.6) is 0 Å². The zero-order valence-corrected chi connectivity index (χ0v) is 8.80. The minimum Gasteiger partial charge on any atom is -0.389 e. The van der Waals surface area contributed by atoms with Crippen LogP contribution in [0, 0.1) is 5.92 Å². The first-order valence-electron chi connectivity index (χ1n) is 5.00. The fourth-order valence-corrected chi connectivity index (χ4v) is 1.34. The molecule has 0 aliphatic heterocycles. The van der Waals surface area contributed by atoms with Crippen molar-refractivity contribution in [2.75, 3.05) is 0 Å². The molecule has 1 heteroatoms. The van der Waals surface area contributed by atoms with Crippen LogP contribution in [0.1, 0.15) is 47.0 Å². The highest BCUT2D eigenvalue weighted by atomic mass is 16.3. The lowest BCUT2D eigenvalue weighted by Gasteiger charge is -2.11. The summed E-state index contributed by atoms with van der Waals surface area (Å²) < 4.78 is 0. The number of rotatable bonds is 5. The summed E-state index contributed by atoms with van der Waals surface area (Å²) in [4.78, 5) is 0. The van der Waals surface area contributed by atoms with Gasteiger partial charge in [-0.3, -0.25) is 0 Å². The van der Waals surface area contributed by atoms with Crippen LogP contribution in [0.2, 0.25) is 0 Å². The van der Waals surface area contributed by atoms with Crippen molar-refractivity contribution >= 4 is 0 Å². The van der Waals surface area contributed by atoms with Crippen LogP contribution in [0.15, 0.2) is 11.6 Å². The molecule has 0 radical (unpaired) electrons. The van der Waals surface area contributed by atoms with E-state index in [1.165, 1.54) is 5.57 Å². The molecule has 0 bridgehead atoms. The van der Waals surface area contributed by atoms with Crippen LogP contribution in [0.4, 0.5) is 0 Å². The van der Waals surface area contributed by atoms with Gasteiger partial charge in [0, 0.05) is 0 Å². The lowest BCUT2D eigenvalue weighted by atomic mass is 9.98. The van der Waals surface area contributed by atoms with E-state index in [1.54, 1.807) is 0 Å². The van der Waals surface area contributed by atoms with Crippen molar-refractivity contribution in [3.05, 3.63) is 11.6 Å². The summed E-state index contributed by atoms with van der Waals surface area (Å²) in [5.41, 5.74) is 1.37. The fraction of sp³-hybridized carbons (Fsp3) is 0.818. The smallest absolute Gasteiger partial charge is 0.0723 e. The molecule has 0 unspecified atom stereocenters. The molecule has 0 aliphatic carbocycles. The molecule has 0 aromatic rings. The van der Waals surface area contributed by atoms with Crippen molar-refractivity contribution in [2.24, 2.45) is 5.92 Å². The van der Waals surface area contributed by atoms with Crippen LogP contribution < -0.4 is 0 Å². The summed E-state index contributed by atoms with van der Waals surface area (Å²) >= 11 is 0. The van der Waals surface area contributed by atoms with Gasteiger partial charge in [-0.15, -0.1) is 0 Å². The highest BCUT2D eigenvalue weighted by molar-refractivity contribution is 5.06. The molecule has 0 aromatic carbocycles. The Morgan fingerprint density at radius 2 is 1.92 bits per heavy atom. The van der Waals surface area contributed by atoms with Gasteiger partial charge in [0.2, 0.25) is 0 Å². The Bertz CT molecular complexity index is 136. The summed E-state index contributed by atoms with van der Waals surface area (Å²) in [5.74, 6) is 0.571. The average molecular weight is 170 g/mol. The highest BCUT2D eigenvalue weighted by Crippen LogP contribution is 2.15. The largest absolute Gasteiger partial charge is 0.389 e. The molecule has 0 fully saturated rings. The maximum absolute atomic E-state index is 9.52. The Morgan fingerprint density at radius 3 is 2.25 bits per heavy atom. The summed E-state index contributed by atoms with van der Waals surface area (Å²) in [7, 11) is 0. The van der Waals surface area contributed by atoms with Crippen molar-refractivity contribution < 1.29 is 5.11 Å². The van der Waals surface area contributed by atoms with Gasteiger partial charge in [0.1, 0.15) is 0 Å². The molecule has 0 saturated heterocycles. The van der Waals surface area contributed by atoms with E-state index >= 15 is 0 Å². The second-order valence-corrected chi connectivity index (χ2v) is 3.61. The number of aliphatic hydroxyl groups is 1. The van der Waals surface area contributed by atoms with Gasteiger partial charge in [-0.2, -0.15) is 0 Å². The van der Waals surface area contributed by atoms with Gasteiger partial charge in [-0.25, -0.2) is 0 Å². The van der Waals surface area contributed by atoms with E-state index < -0.39 is 0 Å². The lowest BCUT2D eigenvalue weighted by molar-refractivity contribution is 0.209. The SMILES string of the molecule is CCC[C@@H](O)/C=C(\CC)C(C)C. The Hall–Kier alpha value is -0.300. The van der Waals surface area contributed by atoms with E-state index in [0.717, 1.165) is 19.3 Å². The van der Waals surface area contributed by atoms with Gasteiger partial charge in [0.05, 0.1) is 6.10 Å². The van der Waals surface area contributed by atoms with Gasteiger partial charge < -0.3 is 5.11 Å². The first-order valence-corrected chi connectivity index (χ1v) is 5.00. The molecule has 0 aliphatic rings. The van der Waals surface area contributed by atoms with Gasteiger partial charge in [0.25, 0.3) is 0 Å². The van der Waals surface area contributed by atoms with Gasteiger partial charge in [-0.05, 0) is 18.8 Å². The van der Waals surface area contributed by atoms with Crippen LogP contribution in [-0.4, -0.2) is 11.2 Å². The van der Waals surface area contributed by atoms with Gasteiger partial charge in [0.15, 0.2) is 0 Å². The Labute approximate surface area is 76.5 Å². The molecular weight excluding hydrogens is 148 g/mol. The minimum atomic E-state index is -0.229. The van der Waals surface area contributed by atoms with E-state index in [9.17, 15) is 5.11 Å². The van der Waals surface area contributed by atoms with Crippen molar-refractivity contribution in [2.45, 2.75) is 53.1 Å². The number of aliphatic hydroxyl groups excluding tert-OH is 1. The minimum absolute atomic E-state index is 0.229. The summed E-state index contributed by atoms with van der Waals surface area (Å²) in [6.45, 7) is 8.59. The van der Waals surface area contributed by atoms with Gasteiger partial charge in [-0.1, -0.05) is 45.8 Å². The van der Waals surface area contributed by atoms with Crippen LogP contribution >= 0.6 is 0 Å². The second kappa shape index (κ2) is 6.24. The lowest BCUT2D eigenvalue weighted by Crippen LogP contribution is -2.05. The number of hydrogen-bond acceptors (Lipinski definition) is 1. The summed E-state index contributed by atoms with van der Waals surface area (Å²) in [5, 5.41) is 9.52. The predicted molar refractivity (Wildman–Crippen MR) is 54.1 cm³/mol. The molecule has 1 atom stereocenters. The molecule has 72 valence electrons. The standard InChI is InChI=1S/C11H22O/c1-5-7-11(12)8-10(6-2)9(3)4/h8-9,11-12H,5-7H2,1-4H3/b10-8+/t11-/m1/s1. The quantitative estimate of drug-likeness (QED) is 0.628. The molecule has 0 aromatic heterocycles. The molecular formula is C11H22O. The Morgan fingerprint density at radius 1 is 1.33 bits per heavy atom. The van der Waals surface area contributed by atoms with Crippen LogP contribution in [0.25, 0.3) is 0 Å². The maximum atomic E-state index is 9.52. The maximum Gasteiger partial charge on any atom is 0.0723 e. The van der Waals surface area contributed by atoms with E-state index in [0.29, 0.717) is 5.92 Å². The van der Waals surface area contributed by atoms with E-state index in [2.05, 4.69) is 27.7 Å². The topological polar surface area (TPSA) is 20.2 Å². The Kier molecular flexibility index (Phi) is 6.09. The zero-order chi connectivity index (χ0) is 9.56. The molecule has 0 spiro atoms. The fourth-order valence-electron chi connectivity index (χ4n) is 1.34. The third-order valence-electron chi connectivity index (χ3n) is 2.14. The van der Waals surface area contributed by atoms with E-state index in [1.807, 2.05) is 6.08 Å². The van der Waals surface area contributed by atoms with Crippen LogP contribution in [0.3, 0.4) is 0 Å². The van der Waals surface area contributed by atoms with Crippen molar-refractivity contribution in [3.63, 3.8) is 0 Å². The summed E-state index contributed by atoms with van der Waals surface area (Å²) in [6, 6.07) is 0. The van der Waals surface area contributed by atoms with Crippen molar-refractivity contribution in [1.29, 1.82) is 0 Å². The molecule has 12 heavy (non-hydrogen) atoms. The van der Waals surface area contributed by atoms with E-state index in [-0.39, 0.29) is 6.10 Å². The third-order valence-corrected chi connectivity index (χ3v) is 2.14. The normalized spacial score (nSPS) is 15.3.